The normalized spacial score (nSPS) is 12.1. The van der Waals surface area contributed by atoms with Crippen LogP contribution in [0.3, 0.4) is 0 Å². The van der Waals surface area contributed by atoms with E-state index in [9.17, 15) is 9.59 Å². The molecular formula is C26H30N6O5. The number of aromatic amines is 1. The molecule has 11 nitrogen and oxygen atoms in total. The van der Waals surface area contributed by atoms with Crippen molar-refractivity contribution in [3.8, 4) is 17.1 Å². The van der Waals surface area contributed by atoms with Crippen molar-refractivity contribution < 1.29 is 23.6 Å². The predicted octanol–water partition coefficient (Wildman–Crippen LogP) is 3.02. The van der Waals surface area contributed by atoms with Gasteiger partial charge in [0.05, 0.1) is 43.2 Å². The molecular weight excluding hydrogens is 476 g/mol. The van der Waals surface area contributed by atoms with Crippen LogP contribution in [0.2, 0.25) is 0 Å². The second-order valence-electron chi connectivity index (χ2n) is 8.76. The number of hydrogen-bond donors (Lipinski definition) is 2. The molecule has 1 aromatic carbocycles. The van der Waals surface area contributed by atoms with Gasteiger partial charge < -0.3 is 29.2 Å². The maximum atomic E-state index is 12.5. The van der Waals surface area contributed by atoms with Crippen molar-refractivity contribution in [2.75, 3.05) is 41.0 Å². The number of para-hydroxylation sites is 1. The fraction of sp³-hybridized carbons (Fsp3) is 0.346. The third kappa shape index (κ3) is 6.78. The lowest BCUT2D eigenvalue weighted by Gasteiger charge is -2.18. The fourth-order valence-corrected chi connectivity index (χ4v) is 3.83. The van der Waals surface area contributed by atoms with Crippen LogP contribution in [0.15, 0.2) is 53.4 Å². The van der Waals surface area contributed by atoms with E-state index in [0.29, 0.717) is 36.1 Å². The Morgan fingerprint density at radius 3 is 2.81 bits per heavy atom. The molecule has 4 rings (SSSR count). The second kappa shape index (κ2) is 12.2. The first-order valence-corrected chi connectivity index (χ1v) is 11.9. The monoisotopic (exact) mass is 506 g/mol. The Bertz CT molecular complexity index is 1330. The van der Waals surface area contributed by atoms with Gasteiger partial charge in [-0.15, -0.1) is 0 Å². The van der Waals surface area contributed by atoms with Crippen LogP contribution in [-0.2, 0) is 9.53 Å². The van der Waals surface area contributed by atoms with Crippen molar-refractivity contribution in [3.63, 3.8) is 0 Å². The largest absolute Gasteiger partial charge is 0.480 e. The summed E-state index contributed by atoms with van der Waals surface area (Å²) >= 11 is 0. The number of ether oxygens (including phenoxy) is 2. The van der Waals surface area contributed by atoms with E-state index in [0.717, 1.165) is 16.5 Å². The molecule has 0 spiro atoms. The van der Waals surface area contributed by atoms with Crippen LogP contribution in [0.1, 0.15) is 35.2 Å². The summed E-state index contributed by atoms with van der Waals surface area (Å²) in [5.74, 6) is 0.732. The van der Waals surface area contributed by atoms with Crippen molar-refractivity contribution in [3.05, 3.63) is 60.4 Å². The molecule has 3 heterocycles. The minimum Gasteiger partial charge on any atom is -0.480 e. The van der Waals surface area contributed by atoms with E-state index in [1.165, 1.54) is 12.3 Å². The van der Waals surface area contributed by atoms with E-state index in [1.54, 1.807) is 18.2 Å². The summed E-state index contributed by atoms with van der Waals surface area (Å²) in [5, 5.41) is 7.59. The molecule has 194 valence electrons. The third-order valence-corrected chi connectivity index (χ3v) is 5.59. The highest BCUT2D eigenvalue weighted by Crippen LogP contribution is 2.31. The highest BCUT2D eigenvalue weighted by atomic mass is 16.5. The Balaban J connectivity index is 1.46. The van der Waals surface area contributed by atoms with E-state index in [-0.39, 0.29) is 31.3 Å². The molecule has 1 unspecified atom stereocenters. The summed E-state index contributed by atoms with van der Waals surface area (Å²) in [4.78, 5) is 38.8. The second-order valence-corrected chi connectivity index (χ2v) is 8.76. The summed E-state index contributed by atoms with van der Waals surface area (Å²) in [6, 6.07) is 10.8. The number of ketones is 1. The van der Waals surface area contributed by atoms with Crippen LogP contribution in [0.5, 0.6) is 5.88 Å². The van der Waals surface area contributed by atoms with Gasteiger partial charge in [0, 0.05) is 24.5 Å². The summed E-state index contributed by atoms with van der Waals surface area (Å²) in [7, 11) is 5.21. The standard InChI is InChI=1S/C26H30N6O5/c1-32(2)15-24(34)28-22(16-36-11-6-9-23(33)20-10-12-37-31-20)25-27-14-21(29-25)18-13-17-7-4-5-8-19(17)30-26(18)35-3/h4-5,7-8,10,12-14,22H,6,9,11,15-16H2,1-3H3,(H,27,29)(H,28,34). The Morgan fingerprint density at radius 2 is 2.05 bits per heavy atom. The van der Waals surface area contributed by atoms with Crippen molar-refractivity contribution >= 4 is 22.6 Å². The van der Waals surface area contributed by atoms with Crippen LogP contribution in [-0.4, -0.2) is 77.7 Å². The van der Waals surface area contributed by atoms with E-state index < -0.39 is 6.04 Å². The summed E-state index contributed by atoms with van der Waals surface area (Å²) in [6.45, 7) is 0.732. The lowest BCUT2D eigenvalue weighted by atomic mass is 10.1. The number of Topliss-reactive ketones (excluding diaryl/α,β-unsaturated/α-hetero) is 1. The molecule has 4 aromatic rings. The number of pyridine rings is 1. The summed E-state index contributed by atoms with van der Waals surface area (Å²) in [5.41, 5.74) is 2.59. The third-order valence-electron chi connectivity index (χ3n) is 5.59. The van der Waals surface area contributed by atoms with E-state index in [2.05, 4.69) is 25.4 Å². The number of H-pyrrole nitrogens is 1. The van der Waals surface area contributed by atoms with Gasteiger partial charge in [0.2, 0.25) is 11.8 Å². The molecule has 0 aliphatic rings. The number of nitrogens with zero attached hydrogens (tertiary/aromatic N) is 4. The zero-order valence-electron chi connectivity index (χ0n) is 21.1. The van der Waals surface area contributed by atoms with E-state index in [1.807, 2.05) is 44.4 Å². The molecule has 11 heteroatoms. The van der Waals surface area contributed by atoms with Gasteiger partial charge in [-0.3, -0.25) is 9.59 Å². The molecule has 0 bridgehead atoms. The molecule has 2 N–H and O–H groups in total. The first kappa shape index (κ1) is 26.0. The number of aromatic nitrogens is 4. The molecule has 0 radical (unpaired) electrons. The van der Waals surface area contributed by atoms with Crippen molar-refractivity contribution in [2.45, 2.75) is 18.9 Å². The lowest BCUT2D eigenvalue weighted by molar-refractivity contribution is -0.123. The zero-order valence-corrected chi connectivity index (χ0v) is 21.1. The molecule has 0 saturated carbocycles. The molecule has 0 aliphatic heterocycles. The Morgan fingerprint density at radius 1 is 1.22 bits per heavy atom. The van der Waals surface area contributed by atoms with Crippen LogP contribution >= 0.6 is 0 Å². The maximum absolute atomic E-state index is 12.5. The van der Waals surface area contributed by atoms with Gasteiger partial charge in [-0.05, 0) is 32.6 Å². The van der Waals surface area contributed by atoms with Gasteiger partial charge in [-0.2, -0.15) is 0 Å². The summed E-state index contributed by atoms with van der Waals surface area (Å²) in [6.07, 6.45) is 3.84. The molecule has 1 atom stereocenters. The first-order valence-electron chi connectivity index (χ1n) is 11.9. The number of carbonyl (C=O) groups is 2. The molecule has 3 aromatic heterocycles. The number of amides is 1. The number of imidazole rings is 1. The molecule has 37 heavy (non-hydrogen) atoms. The van der Waals surface area contributed by atoms with Gasteiger partial charge in [0.25, 0.3) is 0 Å². The number of rotatable bonds is 13. The summed E-state index contributed by atoms with van der Waals surface area (Å²) < 4.78 is 16.1. The number of hydrogen-bond acceptors (Lipinski definition) is 9. The first-order chi connectivity index (χ1) is 17.9. The van der Waals surface area contributed by atoms with Crippen LogP contribution in [0, 0.1) is 0 Å². The van der Waals surface area contributed by atoms with E-state index >= 15 is 0 Å². The van der Waals surface area contributed by atoms with Gasteiger partial charge in [-0.1, -0.05) is 23.4 Å². The van der Waals surface area contributed by atoms with Crippen molar-refractivity contribution in [2.24, 2.45) is 0 Å². The lowest BCUT2D eigenvalue weighted by Crippen LogP contribution is -2.38. The minimum atomic E-state index is -0.521. The number of nitrogens with one attached hydrogen (secondary N) is 2. The molecule has 0 fully saturated rings. The Hall–Kier alpha value is -4.09. The van der Waals surface area contributed by atoms with Gasteiger partial charge in [0.15, 0.2) is 5.78 Å². The maximum Gasteiger partial charge on any atom is 0.234 e. The average molecular weight is 507 g/mol. The number of likely N-dealkylation sites (N-methyl/N-ethyl adjacent to an activating group) is 1. The number of carbonyl (C=O) groups excluding carboxylic acids is 2. The Labute approximate surface area is 214 Å². The minimum absolute atomic E-state index is 0.109. The topological polar surface area (TPSA) is 135 Å². The van der Waals surface area contributed by atoms with Crippen LogP contribution in [0.4, 0.5) is 0 Å². The quantitative estimate of drug-likeness (QED) is 0.207. The highest BCUT2D eigenvalue weighted by molar-refractivity contribution is 5.93. The van der Waals surface area contributed by atoms with Gasteiger partial charge >= 0.3 is 0 Å². The van der Waals surface area contributed by atoms with Crippen LogP contribution in [0.25, 0.3) is 22.2 Å². The highest BCUT2D eigenvalue weighted by Gasteiger charge is 2.21. The SMILES string of the molecule is COc1nc2ccccc2cc1-c1cnc(C(COCCCC(=O)c2ccon2)NC(=O)CN(C)C)[nH]1. The number of benzene rings is 1. The average Bonchev–Trinajstić information content (AvgIpc) is 3.59. The smallest absolute Gasteiger partial charge is 0.234 e. The van der Waals surface area contributed by atoms with Crippen molar-refractivity contribution in [1.29, 1.82) is 0 Å². The number of fused-ring (bicyclic) bond motifs is 1. The van der Waals surface area contributed by atoms with Gasteiger partial charge in [-0.25, -0.2) is 9.97 Å². The molecule has 0 aliphatic carbocycles. The Kier molecular flexibility index (Phi) is 8.60. The van der Waals surface area contributed by atoms with Crippen LogP contribution < -0.4 is 10.1 Å². The van der Waals surface area contributed by atoms with Gasteiger partial charge in [0.1, 0.15) is 23.8 Å². The van der Waals surface area contributed by atoms with E-state index in [4.69, 9.17) is 14.0 Å². The zero-order chi connectivity index (χ0) is 26.2. The predicted molar refractivity (Wildman–Crippen MR) is 136 cm³/mol. The molecule has 1 amide bonds. The fourth-order valence-electron chi connectivity index (χ4n) is 3.83. The molecule has 0 saturated heterocycles. The number of methoxy groups -OCH3 is 1. The van der Waals surface area contributed by atoms with Crippen molar-refractivity contribution in [1.82, 2.24) is 30.3 Å².